The Bertz CT molecular complexity index is 182. The van der Waals surface area contributed by atoms with Gasteiger partial charge in [-0.25, -0.2) is 0 Å². The van der Waals surface area contributed by atoms with Gasteiger partial charge < -0.3 is 0 Å². The lowest BCUT2D eigenvalue weighted by atomic mass is 10.0. The Morgan fingerprint density at radius 2 is 1.31 bits per heavy atom. The molecule has 0 spiro atoms. The SMILES string of the molecule is CCCC[C@@H]1CCC2CC[C@@H](CCCC)N21. The number of unbranched alkanes of at least 4 members (excludes halogenated alkanes) is 2. The molecule has 0 amide bonds. The molecule has 0 saturated carbocycles. The second-order valence-corrected chi connectivity index (χ2v) is 5.85. The molecule has 1 nitrogen and oxygen atoms in total. The van der Waals surface area contributed by atoms with Crippen LogP contribution in [0.15, 0.2) is 0 Å². The summed E-state index contributed by atoms with van der Waals surface area (Å²) in [5.74, 6) is 0. The summed E-state index contributed by atoms with van der Waals surface area (Å²) in [6, 6.07) is 2.88. The van der Waals surface area contributed by atoms with E-state index in [1.54, 1.807) is 0 Å². The van der Waals surface area contributed by atoms with Crippen LogP contribution in [-0.2, 0) is 0 Å². The van der Waals surface area contributed by atoms with Crippen LogP contribution in [0.1, 0.15) is 78.1 Å². The quantitative estimate of drug-likeness (QED) is 0.646. The first-order chi connectivity index (χ1) is 7.86. The van der Waals surface area contributed by atoms with E-state index in [9.17, 15) is 0 Å². The van der Waals surface area contributed by atoms with E-state index in [0.29, 0.717) is 0 Å². The molecule has 2 saturated heterocycles. The summed E-state index contributed by atoms with van der Waals surface area (Å²) in [5.41, 5.74) is 0. The fourth-order valence-electron chi connectivity index (χ4n) is 3.87. The van der Waals surface area contributed by atoms with Crippen molar-refractivity contribution in [3.63, 3.8) is 0 Å². The molecule has 0 radical (unpaired) electrons. The standard InChI is InChI=1S/C15H29N/c1-3-5-7-13-9-11-15-12-10-14(16(13)15)8-6-4-2/h13-15H,3-12H2,1-2H3/t13-,14-/m1/s1. The summed E-state index contributed by atoms with van der Waals surface area (Å²) < 4.78 is 0. The molecule has 0 bridgehead atoms. The fourth-order valence-corrected chi connectivity index (χ4v) is 3.87. The smallest absolute Gasteiger partial charge is 0.0102 e. The van der Waals surface area contributed by atoms with Crippen LogP contribution in [-0.4, -0.2) is 23.0 Å². The average Bonchev–Trinajstić information content (AvgIpc) is 2.86. The third kappa shape index (κ3) is 2.61. The van der Waals surface area contributed by atoms with E-state index in [2.05, 4.69) is 18.7 Å². The molecule has 2 aliphatic rings. The Hall–Kier alpha value is -0.0400. The van der Waals surface area contributed by atoms with Gasteiger partial charge in [0.25, 0.3) is 0 Å². The molecule has 0 aromatic carbocycles. The van der Waals surface area contributed by atoms with Crippen molar-refractivity contribution in [1.29, 1.82) is 0 Å². The molecule has 2 atom stereocenters. The Labute approximate surface area is 102 Å². The van der Waals surface area contributed by atoms with E-state index in [1.165, 1.54) is 64.2 Å². The van der Waals surface area contributed by atoms with E-state index in [0.717, 1.165) is 18.1 Å². The molecule has 0 unspecified atom stereocenters. The van der Waals surface area contributed by atoms with E-state index in [-0.39, 0.29) is 0 Å². The highest BCUT2D eigenvalue weighted by Crippen LogP contribution is 2.40. The lowest BCUT2D eigenvalue weighted by molar-refractivity contribution is 0.162. The Morgan fingerprint density at radius 3 is 1.75 bits per heavy atom. The maximum atomic E-state index is 2.94. The molecule has 2 fully saturated rings. The molecule has 0 aromatic heterocycles. The summed E-state index contributed by atoms with van der Waals surface area (Å²) in [7, 11) is 0. The van der Waals surface area contributed by atoms with Crippen molar-refractivity contribution < 1.29 is 0 Å². The van der Waals surface area contributed by atoms with E-state index in [1.807, 2.05) is 0 Å². The van der Waals surface area contributed by atoms with Crippen LogP contribution < -0.4 is 0 Å². The molecule has 0 aliphatic carbocycles. The number of fused-ring (bicyclic) bond motifs is 1. The van der Waals surface area contributed by atoms with Crippen molar-refractivity contribution in [3.05, 3.63) is 0 Å². The molecule has 1 heteroatoms. The van der Waals surface area contributed by atoms with Crippen LogP contribution in [0.5, 0.6) is 0 Å². The molecular formula is C15H29N. The molecule has 0 aromatic rings. The zero-order valence-corrected chi connectivity index (χ0v) is 11.3. The van der Waals surface area contributed by atoms with Crippen LogP contribution in [0.2, 0.25) is 0 Å². The highest BCUT2D eigenvalue weighted by molar-refractivity contribution is 4.97. The van der Waals surface area contributed by atoms with Gasteiger partial charge in [0.2, 0.25) is 0 Å². The minimum Gasteiger partial charge on any atom is -0.294 e. The second kappa shape index (κ2) is 6.05. The molecule has 2 aliphatic heterocycles. The number of nitrogens with zero attached hydrogens (tertiary/aromatic N) is 1. The minimum absolute atomic E-state index is 0.953. The molecule has 2 heterocycles. The highest BCUT2D eigenvalue weighted by atomic mass is 15.3. The van der Waals surface area contributed by atoms with Gasteiger partial charge in [0, 0.05) is 18.1 Å². The molecular weight excluding hydrogens is 194 g/mol. The molecule has 94 valence electrons. The van der Waals surface area contributed by atoms with Crippen LogP contribution >= 0.6 is 0 Å². The third-order valence-electron chi connectivity index (χ3n) is 4.71. The van der Waals surface area contributed by atoms with Gasteiger partial charge in [-0.1, -0.05) is 39.5 Å². The normalized spacial score (nSPS) is 31.1. The summed E-state index contributed by atoms with van der Waals surface area (Å²) in [6.07, 6.45) is 14.5. The number of hydrogen-bond donors (Lipinski definition) is 0. The molecule has 16 heavy (non-hydrogen) atoms. The zero-order valence-electron chi connectivity index (χ0n) is 11.3. The van der Waals surface area contributed by atoms with Crippen molar-refractivity contribution in [3.8, 4) is 0 Å². The van der Waals surface area contributed by atoms with Gasteiger partial charge in [0.05, 0.1) is 0 Å². The summed E-state index contributed by atoms with van der Waals surface area (Å²) in [6.45, 7) is 4.65. The third-order valence-corrected chi connectivity index (χ3v) is 4.71. The van der Waals surface area contributed by atoms with Crippen LogP contribution in [0, 0.1) is 0 Å². The molecule has 2 rings (SSSR count). The Morgan fingerprint density at radius 1 is 0.812 bits per heavy atom. The van der Waals surface area contributed by atoms with Crippen molar-refractivity contribution in [1.82, 2.24) is 4.90 Å². The maximum absolute atomic E-state index is 2.94. The first-order valence-corrected chi connectivity index (χ1v) is 7.64. The van der Waals surface area contributed by atoms with Crippen molar-refractivity contribution in [2.75, 3.05) is 0 Å². The van der Waals surface area contributed by atoms with E-state index in [4.69, 9.17) is 0 Å². The van der Waals surface area contributed by atoms with Gasteiger partial charge in [-0.2, -0.15) is 0 Å². The largest absolute Gasteiger partial charge is 0.294 e. The summed E-state index contributed by atoms with van der Waals surface area (Å²) in [4.78, 5) is 2.94. The van der Waals surface area contributed by atoms with Gasteiger partial charge in [-0.15, -0.1) is 0 Å². The van der Waals surface area contributed by atoms with Crippen LogP contribution in [0.4, 0.5) is 0 Å². The second-order valence-electron chi connectivity index (χ2n) is 5.85. The monoisotopic (exact) mass is 223 g/mol. The van der Waals surface area contributed by atoms with Crippen molar-refractivity contribution >= 4 is 0 Å². The number of hydrogen-bond acceptors (Lipinski definition) is 1. The van der Waals surface area contributed by atoms with Gasteiger partial charge >= 0.3 is 0 Å². The van der Waals surface area contributed by atoms with Gasteiger partial charge in [0.15, 0.2) is 0 Å². The van der Waals surface area contributed by atoms with Gasteiger partial charge in [0.1, 0.15) is 0 Å². The van der Waals surface area contributed by atoms with E-state index >= 15 is 0 Å². The zero-order chi connectivity index (χ0) is 11.4. The summed E-state index contributed by atoms with van der Waals surface area (Å²) in [5, 5.41) is 0. The predicted octanol–water partition coefficient (Wildman–Crippen LogP) is 4.36. The Balaban J connectivity index is 1.86. The van der Waals surface area contributed by atoms with Crippen LogP contribution in [0.3, 0.4) is 0 Å². The lowest BCUT2D eigenvalue weighted by Crippen LogP contribution is -2.38. The molecule has 0 N–H and O–H groups in total. The topological polar surface area (TPSA) is 3.24 Å². The minimum atomic E-state index is 0.953. The van der Waals surface area contributed by atoms with E-state index < -0.39 is 0 Å². The maximum Gasteiger partial charge on any atom is 0.0102 e. The van der Waals surface area contributed by atoms with Crippen molar-refractivity contribution in [2.24, 2.45) is 0 Å². The predicted molar refractivity (Wildman–Crippen MR) is 70.7 cm³/mol. The van der Waals surface area contributed by atoms with Crippen LogP contribution in [0.25, 0.3) is 0 Å². The van der Waals surface area contributed by atoms with Gasteiger partial charge in [-0.05, 0) is 38.5 Å². The first kappa shape index (κ1) is 12.4. The lowest BCUT2D eigenvalue weighted by Gasteiger charge is -2.31. The summed E-state index contributed by atoms with van der Waals surface area (Å²) >= 11 is 0. The average molecular weight is 223 g/mol. The van der Waals surface area contributed by atoms with Gasteiger partial charge in [-0.3, -0.25) is 4.90 Å². The Kier molecular flexibility index (Phi) is 4.69. The fraction of sp³-hybridized carbons (Fsp3) is 1.00. The van der Waals surface area contributed by atoms with Crippen molar-refractivity contribution in [2.45, 2.75) is 96.2 Å². The first-order valence-electron chi connectivity index (χ1n) is 7.64. The number of rotatable bonds is 6. The highest BCUT2D eigenvalue weighted by Gasteiger charge is 2.41.